The average molecular weight is 336 g/mol. The largest absolute Gasteiger partial charge is 0.378 e. The summed E-state index contributed by atoms with van der Waals surface area (Å²) in [5.74, 6) is 0. The summed E-state index contributed by atoms with van der Waals surface area (Å²) in [5.41, 5.74) is 4.49. The second kappa shape index (κ2) is 5.58. The summed E-state index contributed by atoms with van der Waals surface area (Å²) in [4.78, 5) is 2.35. The van der Waals surface area contributed by atoms with E-state index in [2.05, 4.69) is 57.1 Å². The zero-order valence-corrected chi connectivity index (χ0v) is 13.4. The van der Waals surface area contributed by atoms with Crippen molar-refractivity contribution in [3.05, 3.63) is 40.1 Å². The maximum Gasteiger partial charge on any atom is 0.0680 e. The van der Waals surface area contributed by atoms with Crippen molar-refractivity contribution in [1.29, 1.82) is 0 Å². The second-order valence-corrected chi connectivity index (χ2v) is 6.02. The number of benzene rings is 1. The first-order chi connectivity index (χ1) is 9.63. The molecule has 4 nitrogen and oxygen atoms in total. The molecule has 1 aromatic carbocycles. The summed E-state index contributed by atoms with van der Waals surface area (Å²) >= 11 is 3.61. The minimum atomic E-state index is 0.793. The van der Waals surface area contributed by atoms with Crippen molar-refractivity contribution in [3.8, 4) is 5.69 Å². The molecule has 0 atom stereocenters. The highest BCUT2D eigenvalue weighted by molar-refractivity contribution is 9.10. The summed E-state index contributed by atoms with van der Waals surface area (Å²) in [6, 6.07) is 8.54. The van der Waals surface area contributed by atoms with E-state index in [0.29, 0.717) is 0 Å². The van der Waals surface area contributed by atoms with Gasteiger partial charge in [-0.15, -0.1) is 0 Å². The molecule has 20 heavy (non-hydrogen) atoms. The van der Waals surface area contributed by atoms with Crippen LogP contribution in [0.5, 0.6) is 0 Å². The Hall–Kier alpha value is -1.33. The van der Waals surface area contributed by atoms with E-state index in [4.69, 9.17) is 4.74 Å². The highest BCUT2D eigenvalue weighted by Crippen LogP contribution is 2.26. The highest BCUT2D eigenvalue weighted by atomic mass is 79.9. The fraction of sp³-hybridized carbons (Fsp3) is 0.400. The summed E-state index contributed by atoms with van der Waals surface area (Å²) in [6.07, 6.45) is 0. The van der Waals surface area contributed by atoms with Crippen LogP contribution in [0.3, 0.4) is 0 Å². The normalized spacial score (nSPS) is 15.7. The Morgan fingerprint density at radius 1 is 1.05 bits per heavy atom. The molecule has 1 aliphatic heterocycles. The van der Waals surface area contributed by atoms with Crippen LogP contribution in [0.1, 0.15) is 11.4 Å². The van der Waals surface area contributed by atoms with Crippen LogP contribution in [-0.4, -0.2) is 36.1 Å². The van der Waals surface area contributed by atoms with Gasteiger partial charge in [-0.25, -0.2) is 4.68 Å². The number of hydrogen-bond acceptors (Lipinski definition) is 3. The summed E-state index contributed by atoms with van der Waals surface area (Å²) in [6.45, 7) is 7.56. The lowest BCUT2D eigenvalue weighted by Gasteiger charge is -2.29. The summed E-state index contributed by atoms with van der Waals surface area (Å²) in [5, 5.41) is 4.56. The van der Waals surface area contributed by atoms with Crippen LogP contribution in [-0.2, 0) is 4.74 Å². The molecule has 106 valence electrons. The number of rotatable bonds is 2. The van der Waals surface area contributed by atoms with Gasteiger partial charge < -0.3 is 9.64 Å². The number of aromatic nitrogens is 2. The van der Waals surface area contributed by atoms with Crippen molar-refractivity contribution in [1.82, 2.24) is 9.78 Å². The lowest BCUT2D eigenvalue weighted by molar-refractivity contribution is 0.122. The van der Waals surface area contributed by atoms with Gasteiger partial charge in [-0.2, -0.15) is 5.10 Å². The van der Waals surface area contributed by atoms with Crippen molar-refractivity contribution < 1.29 is 4.74 Å². The molecule has 1 saturated heterocycles. The number of anilines is 1. The van der Waals surface area contributed by atoms with Crippen LogP contribution in [0, 0.1) is 13.8 Å². The molecule has 0 N–H and O–H groups in total. The molecule has 3 rings (SSSR count). The molecule has 1 aromatic heterocycles. The smallest absolute Gasteiger partial charge is 0.0680 e. The van der Waals surface area contributed by atoms with E-state index in [0.717, 1.165) is 47.9 Å². The fourth-order valence-corrected chi connectivity index (χ4v) is 3.04. The van der Waals surface area contributed by atoms with Crippen molar-refractivity contribution in [2.45, 2.75) is 13.8 Å². The van der Waals surface area contributed by atoms with Gasteiger partial charge in [-0.3, -0.25) is 0 Å². The van der Waals surface area contributed by atoms with E-state index in [9.17, 15) is 0 Å². The molecular formula is C15H18BrN3O. The van der Waals surface area contributed by atoms with Gasteiger partial charge >= 0.3 is 0 Å². The Morgan fingerprint density at radius 2 is 1.75 bits per heavy atom. The predicted octanol–water partition coefficient (Wildman–Crippen LogP) is 3.09. The monoisotopic (exact) mass is 335 g/mol. The van der Waals surface area contributed by atoms with Crippen LogP contribution in [0.15, 0.2) is 28.7 Å². The molecule has 0 spiro atoms. The number of nitrogens with zero attached hydrogens (tertiary/aromatic N) is 3. The third-order valence-corrected chi connectivity index (χ3v) is 3.96. The number of halogens is 1. The maximum absolute atomic E-state index is 5.42. The van der Waals surface area contributed by atoms with Gasteiger partial charge in [0.05, 0.1) is 24.6 Å². The molecule has 0 aliphatic carbocycles. The quantitative estimate of drug-likeness (QED) is 0.844. The van der Waals surface area contributed by atoms with Crippen LogP contribution < -0.4 is 4.90 Å². The molecule has 0 bridgehead atoms. The molecular weight excluding hydrogens is 318 g/mol. The summed E-state index contributed by atoms with van der Waals surface area (Å²) < 4.78 is 8.48. The molecule has 5 heteroatoms. The maximum atomic E-state index is 5.42. The van der Waals surface area contributed by atoms with Crippen molar-refractivity contribution in [2.24, 2.45) is 0 Å². The lowest BCUT2D eigenvalue weighted by atomic mass is 10.2. The zero-order valence-electron chi connectivity index (χ0n) is 11.8. The Balaban J connectivity index is 1.99. The average Bonchev–Trinajstić information content (AvgIpc) is 2.78. The third kappa shape index (κ3) is 2.74. The van der Waals surface area contributed by atoms with E-state index < -0.39 is 0 Å². The third-order valence-electron chi connectivity index (χ3n) is 3.50. The van der Waals surface area contributed by atoms with Gasteiger partial charge in [-0.1, -0.05) is 15.9 Å². The Kier molecular flexibility index (Phi) is 3.81. The minimum Gasteiger partial charge on any atom is -0.378 e. The van der Waals surface area contributed by atoms with Gasteiger partial charge in [0, 0.05) is 28.9 Å². The van der Waals surface area contributed by atoms with Gasteiger partial charge in [0.25, 0.3) is 0 Å². The number of hydrogen-bond donors (Lipinski definition) is 0. The minimum absolute atomic E-state index is 0.793. The SMILES string of the molecule is Cc1cc(C)n(-c2cc(Br)cc(N3CCOCC3)c2)n1. The first-order valence-corrected chi connectivity index (χ1v) is 7.60. The standard InChI is InChI=1S/C15H18BrN3O/c1-11-7-12(2)19(17-11)15-9-13(16)8-14(10-15)18-3-5-20-6-4-18/h7-10H,3-6H2,1-2H3. The Morgan fingerprint density at radius 3 is 2.40 bits per heavy atom. The molecule has 2 heterocycles. The molecule has 0 unspecified atom stereocenters. The topological polar surface area (TPSA) is 30.3 Å². The fourth-order valence-electron chi connectivity index (χ4n) is 2.58. The first-order valence-electron chi connectivity index (χ1n) is 6.80. The van der Waals surface area contributed by atoms with E-state index in [1.807, 2.05) is 11.6 Å². The molecule has 0 saturated carbocycles. The number of ether oxygens (including phenoxy) is 1. The van der Waals surface area contributed by atoms with Gasteiger partial charge in [0.1, 0.15) is 0 Å². The van der Waals surface area contributed by atoms with Gasteiger partial charge in [-0.05, 0) is 38.1 Å². The summed E-state index contributed by atoms with van der Waals surface area (Å²) in [7, 11) is 0. The predicted molar refractivity (Wildman–Crippen MR) is 83.8 cm³/mol. The van der Waals surface area contributed by atoms with E-state index in [-0.39, 0.29) is 0 Å². The van der Waals surface area contributed by atoms with Crippen molar-refractivity contribution >= 4 is 21.6 Å². The van der Waals surface area contributed by atoms with E-state index in [1.165, 1.54) is 5.69 Å². The number of morpholine rings is 1. The van der Waals surface area contributed by atoms with Gasteiger partial charge in [0.2, 0.25) is 0 Å². The highest BCUT2D eigenvalue weighted by Gasteiger charge is 2.14. The second-order valence-electron chi connectivity index (χ2n) is 5.11. The molecule has 1 fully saturated rings. The lowest BCUT2D eigenvalue weighted by Crippen LogP contribution is -2.36. The Labute approximate surface area is 127 Å². The van der Waals surface area contributed by atoms with Gasteiger partial charge in [0.15, 0.2) is 0 Å². The van der Waals surface area contributed by atoms with Crippen LogP contribution >= 0.6 is 15.9 Å². The van der Waals surface area contributed by atoms with E-state index >= 15 is 0 Å². The zero-order chi connectivity index (χ0) is 14.1. The first kappa shape index (κ1) is 13.6. The van der Waals surface area contributed by atoms with Crippen LogP contribution in [0.25, 0.3) is 5.69 Å². The Bertz CT molecular complexity index is 618. The molecule has 0 radical (unpaired) electrons. The van der Waals surface area contributed by atoms with Crippen molar-refractivity contribution in [2.75, 3.05) is 31.2 Å². The molecule has 1 aliphatic rings. The molecule has 0 amide bonds. The number of aryl methyl sites for hydroxylation is 2. The van der Waals surface area contributed by atoms with E-state index in [1.54, 1.807) is 0 Å². The van der Waals surface area contributed by atoms with Crippen molar-refractivity contribution in [3.63, 3.8) is 0 Å². The molecule has 2 aromatic rings. The van der Waals surface area contributed by atoms with Crippen LogP contribution in [0.4, 0.5) is 5.69 Å². The van der Waals surface area contributed by atoms with Crippen LogP contribution in [0.2, 0.25) is 0 Å².